The van der Waals surface area contributed by atoms with Gasteiger partial charge in [0.25, 0.3) is 0 Å². The van der Waals surface area contributed by atoms with E-state index in [4.69, 9.17) is 5.11 Å². The molecule has 1 rings (SSSR count). The predicted molar refractivity (Wildman–Crippen MR) is 34.8 cm³/mol. The standard InChI is InChI=1S/C6H9NO3/c1-10-7-5(6(8)9)4-2-3-4/h4H,2-3H2,1H3,(H,8,9)/b7-5+. The largest absolute Gasteiger partial charge is 0.477 e. The molecule has 0 amide bonds. The first-order valence-corrected chi connectivity index (χ1v) is 3.10. The van der Waals surface area contributed by atoms with Crippen molar-refractivity contribution in [2.75, 3.05) is 7.11 Å². The van der Waals surface area contributed by atoms with Crippen LogP contribution in [0.1, 0.15) is 12.8 Å². The zero-order chi connectivity index (χ0) is 7.56. The highest BCUT2D eigenvalue weighted by molar-refractivity contribution is 6.36. The second-order valence-corrected chi connectivity index (χ2v) is 2.24. The lowest BCUT2D eigenvalue weighted by molar-refractivity contribution is -0.129. The molecule has 0 heterocycles. The van der Waals surface area contributed by atoms with Gasteiger partial charge in [-0.25, -0.2) is 4.79 Å². The maximum Gasteiger partial charge on any atom is 0.353 e. The molecule has 10 heavy (non-hydrogen) atoms. The summed E-state index contributed by atoms with van der Waals surface area (Å²) in [6.07, 6.45) is 1.85. The SMILES string of the molecule is CO/N=C(/C(=O)O)C1CC1. The molecule has 0 atom stereocenters. The van der Waals surface area contributed by atoms with Gasteiger partial charge in [-0.1, -0.05) is 5.16 Å². The van der Waals surface area contributed by atoms with Crippen LogP contribution in [0.2, 0.25) is 0 Å². The molecule has 1 aliphatic carbocycles. The monoisotopic (exact) mass is 143 g/mol. The molecule has 4 nitrogen and oxygen atoms in total. The van der Waals surface area contributed by atoms with E-state index in [-0.39, 0.29) is 11.6 Å². The summed E-state index contributed by atoms with van der Waals surface area (Å²) in [5.41, 5.74) is 0.155. The van der Waals surface area contributed by atoms with Crippen molar-refractivity contribution < 1.29 is 14.7 Å². The highest BCUT2D eigenvalue weighted by Gasteiger charge is 2.32. The number of nitrogens with zero attached hydrogens (tertiary/aromatic N) is 1. The molecule has 0 radical (unpaired) electrons. The Bertz CT molecular complexity index is 172. The molecule has 0 aromatic heterocycles. The number of hydrogen-bond donors (Lipinski definition) is 1. The van der Waals surface area contributed by atoms with Gasteiger partial charge in [0.15, 0.2) is 5.71 Å². The van der Waals surface area contributed by atoms with Gasteiger partial charge < -0.3 is 9.94 Å². The minimum atomic E-state index is -0.968. The summed E-state index contributed by atoms with van der Waals surface area (Å²) in [6, 6.07) is 0. The molecule has 0 unspecified atom stereocenters. The molecule has 1 aliphatic rings. The molecular formula is C6H9NO3. The molecule has 0 spiro atoms. The van der Waals surface area contributed by atoms with Crippen LogP contribution in [0.5, 0.6) is 0 Å². The molecule has 56 valence electrons. The lowest BCUT2D eigenvalue weighted by Gasteiger charge is -1.94. The van der Waals surface area contributed by atoms with Gasteiger partial charge in [0.05, 0.1) is 0 Å². The molecule has 4 heteroatoms. The number of hydrogen-bond acceptors (Lipinski definition) is 3. The predicted octanol–water partition coefficient (Wildman–Crippen LogP) is 0.483. The fraction of sp³-hybridized carbons (Fsp3) is 0.667. The highest BCUT2D eigenvalue weighted by atomic mass is 16.6. The van der Waals surface area contributed by atoms with Gasteiger partial charge in [0.2, 0.25) is 0 Å². The Morgan fingerprint density at radius 2 is 2.30 bits per heavy atom. The molecule has 0 aliphatic heterocycles. The first kappa shape index (κ1) is 7.05. The smallest absolute Gasteiger partial charge is 0.353 e. The average molecular weight is 143 g/mol. The first-order valence-electron chi connectivity index (χ1n) is 3.10. The molecule has 0 saturated heterocycles. The van der Waals surface area contributed by atoms with E-state index in [0.717, 1.165) is 12.8 Å². The zero-order valence-corrected chi connectivity index (χ0v) is 5.70. The molecule has 0 aromatic rings. The van der Waals surface area contributed by atoms with Gasteiger partial charge in [0.1, 0.15) is 7.11 Å². The van der Waals surface area contributed by atoms with E-state index in [1.54, 1.807) is 0 Å². The van der Waals surface area contributed by atoms with Crippen LogP contribution in [0.3, 0.4) is 0 Å². The van der Waals surface area contributed by atoms with Crippen LogP contribution in [0.4, 0.5) is 0 Å². The number of aliphatic carboxylic acids is 1. The first-order chi connectivity index (χ1) is 4.75. The van der Waals surface area contributed by atoms with Crippen molar-refractivity contribution in [3.8, 4) is 0 Å². The van der Waals surface area contributed by atoms with Crippen LogP contribution >= 0.6 is 0 Å². The topological polar surface area (TPSA) is 58.9 Å². The Morgan fingerprint density at radius 3 is 2.60 bits per heavy atom. The van der Waals surface area contributed by atoms with Crippen molar-refractivity contribution in [2.24, 2.45) is 11.1 Å². The van der Waals surface area contributed by atoms with Gasteiger partial charge in [-0.15, -0.1) is 0 Å². The van der Waals surface area contributed by atoms with Crippen LogP contribution in [0.25, 0.3) is 0 Å². The summed E-state index contributed by atoms with van der Waals surface area (Å²) in [4.78, 5) is 14.7. The fourth-order valence-electron chi connectivity index (χ4n) is 0.743. The third-order valence-corrected chi connectivity index (χ3v) is 1.37. The maximum atomic E-state index is 10.4. The van der Waals surface area contributed by atoms with Gasteiger partial charge >= 0.3 is 5.97 Å². The summed E-state index contributed by atoms with van der Waals surface area (Å²) in [7, 11) is 1.35. The third-order valence-electron chi connectivity index (χ3n) is 1.37. The number of rotatable bonds is 3. The van der Waals surface area contributed by atoms with Crippen LogP contribution in [-0.2, 0) is 9.63 Å². The van der Waals surface area contributed by atoms with Crippen molar-refractivity contribution in [2.45, 2.75) is 12.8 Å². The normalized spacial score (nSPS) is 18.7. The van der Waals surface area contributed by atoms with Crippen LogP contribution in [0, 0.1) is 5.92 Å². The Morgan fingerprint density at radius 1 is 1.70 bits per heavy atom. The number of carboxylic acid groups (broad SMARTS) is 1. The van der Waals surface area contributed by atoms with E-state index in [9.17, 15) is 4.79 Å². The number of carbonyl (C=O) groups is 1. The molecule has 0 bridgehead atoms. The Balaban J connectivity index is 2.58. The van der Waals surface area contributed by atoms with Crippen LogP contribution in [-0.4, -0.2) is 23.9 Å². The summed E-state index contributed by atoms with van der Waals surface area (Å²) in [5, 5.41) is 11.9. The van der Waals surface area contributed by atoms with Crippen molar-refractivity contribution in [3.63, 3.8) is 0 Å². The molecule has 1 N–H and O–H groups in total. The third kappa shape index (κ3) is 1.46. The second kappa shape index (κ2) is 2.68. The van der Waals surface area contributed by atoms with E-state index in [1.807, 2.05) is 0 Å². The number of oxime groups is 1. The van der Waals surface area contributed by atoms with Gasteiger partial charge in [-0.05, 0) is 12.8 Å². The van der Waals surface area contributed by atoms with Crippen LogP contribution in [0.15, 0.2) is 5.16 Å². The minimum Gasteiger partial charge on any atom is -0.477 e. The van der Waals surface area contributed by atoms with E-state index < -0.39 is 5.97 Å². The summed E-state index contributed by atoms with van der Waals surface area (Å²) >= 11 is 0. The maximum absolute atomic E-state index is 10.4. The van der Waals surface area contributed by atoms with Crippen LogP contribution < -0.4 is 0 Å². The van der Waals surface area contributed by atoms with E-state index >= 15 is 0 Å². The summed E-state index contributed by atoms with van der Waals surface area (Å²) < 4.78 is 0. The minimum absolute atomic E-state index is 0.137. The molecule has 0 aromatic carbocycles. The van der Waals surface area contributed by atoms with Gasteiger partial charge in [0, 0.05) is 5.92 Å². The average Bonchev–Trinajstić information content (AvgIpc) is 2.63. The molecular weight excluding hydrogens is 134 g/mol. The van der Waals surface area contributed by atoms with Crippen molar-refractivity contribution in [1.29, 1.82) is 0 Å². The Labute approximate surface area is 58.5 Å². The fourth-order valence-corrected chi connectivity index (χ4v) is 0.743. The number of carboxylic acids is 1. The second-order valence-electron chi connectivity index (χ2n) is 2.24. The van der Waals surface area contributed by atoms with Crippen molar-refractivity contribution in [3.05, 3.63) is 0 Å². The van der Waals surface area contributed by atoms with Gasteiger partial charge in [-0.3, -0.25) is 0 Å². The Hall–Kier alpha value is -1.06. The summed E-state index contributed by atoms with van der Waals surface area (Å²) in [5.74, 6) is -0.832. The van der Waals surface area contributed by atoms with E-state index in [2.05, 4.69) is 9.99 Å². The van der Waals surface area contributed by atoms with Crippen molar-refractivity contribution in [1.82, 2.24) is 0 Å². The lowest BCUT2D eigenvalue weighted by Crippen LogP contribution is -2.15. The summed E-state index contributed by atoms with van der Waals surface area (Å²) in [6.45, 7) is 0. The molecule has 1 fully saturated rings. The Kier molecular flexibility index (Phi) is 1.89. The van der Waals surface area contributed by atoms with E-state index in [1.165, 1.54) is 7.11 Å². The quantitative estimate of drug-likeness (QED) is 0.462. The van der Waals surface area contributed by atoms with Gasteiger partial charge in [-0.2, -0.15) is 0 Å². The zero-order valence-electron chi connectivity index (χ0n) is 5.70. The lowest BCUT2D eigenvalue weighted by atomic mass is 10.2. The van der Waals surface area contributed by atoms with Crippen molar-refractivity contribution >= 4 is 11.7 Å². The highest BCUT2D eigenvalue weighted by Crippen LogP contribution is 2.30. The molecule has 1 saturated carbocycles. The van der Waals surface area contributed by atoms with E-state index in [0.29, 0.717) is 0 Å².